The van der Waals surface area contributed by atoms with Gasteiger partial charge < -0.3 is 10.1 Å². The molecule has 0 atom stereocenters. The van der Waals surface area contributed by atoms with E-state index in [2.05, 4.69) is 10.3 Å². The Morgan fingerprint density at radius 3 is 2.72 bits per heavy atom. The van der Waals surface area contributed by atoms with E-state index in [-0.39, 0.29) is 5.91 Å². The molecule has 0 saturated carbocycles. The third-order valence-corrected chi connectivity index (χ3v) is 4.92. The average molecular weight is 373 g/mol. The summed E-state index contributed by atoms with van der Waals surface area (Å²) in [6.07, 6.45) is 1.84. The molecule has 1 saturated heterocycles. The summed E-state index contributed by atoms with van der Waals surface area (Å²) in [7, 11) is 0. The molecule has 2 aromatic carbocycles. The molecule has 0 bridgehead atoms. The maximum Gasteiger partial charge on any atom is 0.264 e. The molecule has 1 amide bonds. The first-order valence-electron chi connectivity index (χ1n) is 7.84. The summed E-state index contributed by atoms with van der Waals surface area (Å²) < 4.78 is 5.42. The standard InChI is InChI=1S/C19H17ClN2O2S/c1-3-24-14-9-7-13(8-10-14)11-17-18(23)22-19(25-17)21-16-6-4-5-15(20)12(16)2/h4-11H,3H2,1-2H3,(H,21,22,23). The zero-order valence-corrected chi connectivity index (χ0v) is 15.4. The smallest absolute Gasteiger partial charge is 0.264 e. The van der Waals surface area contributed by atoms with Gasteiger partial charge in [0, 0.05) is 5.02 Å². The number of amides is 1. The molecule has 4 nitrogen and oxygen atoms in total. The van der Waals surface area contributed by atoms with Crippen molar-refractivity contribution in [2.45, 2.75) is 13.8 Å². The quantitative estimate of drug-likeness (QED) is 0.773. The van der Waals surface area contributed by atoms with E-state index in [9.17, 15) is 4.79 Å². The van der Waals surface area contributed by atoms with Crippen molar-refractivity contribution in [2.75, 3.05) is 6.61 Å². The highest BCUT2D eigenvalue weighted by Gasteiger charge is 2.24. The molecule has 6 heteroatoms. The summed E-state index contributed by atoms with van der Waals surface area (Å²) >= 11 is 7.43. The molecule has 1 aliphatic rings. The fraction of sp³-hybridized carbons (Fsp3) is 0.158. The second kappa shape index (κ2) is 7.76. The van der Waals surface area contributed by atoms with Gasteiger partial charge in [-0.3, -0.25) is 4.79 Å². The number of aliphatic imine (C=N–C) groups is 1. The normalized spacial score (nSPS) is 17.2. The SMILES string of the molecule is CCOc1ccc(C=C2SC(=Nc3cccc(Cl)c3C)NC2=O)cc1. The molecular formula is C19H17ClN2O2S. The number of halogens is 1. The number of carbonyl (C=O) groups excluding carboxylic acids is 1. The Bertz CT molecular complexity index is 860. The Balaban J connectivity index is 1.80. The zero-order chi connectivity index (χ0) is 17.8. The lowest BCUT2D eigenvalue weighted by Gasteiger charge is -2.03. The number of hydrogen-bond acceptors (Lipinski definition) is 4. The molecule has 25 heavy (non-hydrogen) atoms. The van der Waals surface area contributed by atoms with Crippen LogP contribution in [0.2, 0.25) is 5.02 Å². The lowest BCUT2D eigenvalue weighted by molar-refractivity contribution is -0.115. The van der Waals surface area contributed by atoms with Crippen molar-refractivity contribution in [3.63, 3.8) is 0 Å². The second-order valence-electron chi connectivity index (χ2n) is 5.37. The van der Waals surface area contributed by atoms with Crippen molar-refractivity contribution in [2.24, 2.45) is 4.99 Å². The van der Waals surface area contributed by atoms with Crippen molar-refractivity contribution in [1.29, 1.82) is 0 Å². The molecule has 1 fully saturated rings. The van der Waals surface area contributed by atoms with Crippen LogP contribution in [-0.4, -0.2) is 17.7 Å². The van der Waals surface area contributed by atoms with Gasteiger partial charge in [0.25, 0.3) is 5.91 Å². The molecule has 0 aromatic heterocycles. The van der Waals surface area contributed by atoms with Crippen molar-refractivity contribution in [3.8, 4) is 5.75 Å². The monoisotopic (exact) mass is 372 g/mol. The fourth-order valence-electron chi connectivity index (χ4n) is 2.29. The van der Waals surface area contributed by atoms with E-state index in [1.54, 1.807) is 0 Å². The number of thioether (sulfide) groups is 1. The van der Waals surface area contributed by atoms with E-state index in [1.807, 2.05) is 62.4 Å². The van der Waals surface area contributed by atoms with E-state index >= 15 is 0 Å². The minimum atomic E-state index is -0.155. The first-order valence-corrected chi connectivity index (χ1v) is 9.04. The highest BCUT2D eigenvalue weighted by atomic mass is 35.5. The largest absolute Gasteiger partial charge is 0.494 e. The van der Waals surface area contributed by atoms with E-state index < -0.39 is 0 Å². The molecule has 1 aliphatic heterocycles. The lowest BCUT2D eigenvalue weighted by atomic mass is 10.2. The van der Waals surface area contributed by atoms with Crippen LogP contribution in [0.3, 0.4) is 0 Å². The number of nitrogens with zero attached hydrogens (tertiary/aromatic N) is 1. The molecule has 0 aliphatic carbocycles. The first kappa shape index (κ1) is 17.6. The number of amidine groups is 1. The van der Waals surface area contributed by atoms with Crippen molar-refractivity contribution >= 4 is 46.2 Å². The van der Waals surface area contributed by atoms with Crippen molar-refractivity contribution in [1.82, 2.24) is 5.32 Å². The number of carbonyl (C=O) groups is 1. The number of nitrogens with one attached hydrogen (secondary N) is 1. The fourth-order valence-corrected chi connectivity index (χ4v) is 3.29. The van der Waals surface area contributed by atoms with Crippen LogP contribution in [0, 0.1) is 6.92 Å². The summed E-state index contributed by atoms with van der Waals surface area (Å²) in [5.41, 5.74) is 2.56. The molecule has 0 spiro atoms. The van der Waals surface area contributed by atoms with Crippen LogP contribution >= 0.6 is 23.4 Å². The highest BCUT2D eigenvalue weighted by molar-refractivity contribution is 8.18. The Kier molecular flexibility index (Phi) is 5.46. The summed E-state index contributed by atoms with van der Waals surface area (Å²) in [5, 5.41) is 3.99. The van der Waals surface area contributed by atoms with E-state index in [0.717, 1.165) is 22.6 Å². The predicted octanol–water partition coefficient (Wildman–Crippen LogP) is 4.94. The van der Waals surface area contributed by atoms with Gasteiger partial charge in [-0.15, -0.1) is 0 Å². The highest BCUT2D eigenvalue weighted by Crippen LogP contribution is 2.31. The predicted molar refractivity (Wildman–Crippen MR) is 105 cm³/mol. The maximum atomic E-state index is 12.2. The van der Waals surface area contributed by atoms with Gasteiger partial charge in [0.2, 0.25) is 0 Å². The molecular weight excluding hydrogens is 356 g/mol. The zero-order valence-electron chi connectivity index (χ0n) is 13.9. The summed E-state index contributed by atoms with van der Waals surface area (Å²) in [6, 6.07) is 13.1. The van der Waals surface area contributed by atoms with Gasteiger partial charge in [0.15, 0.2) is 5.17 Å². The summed E-state index contributed by atoms with van der Waals surface area (Å²) in [6.45, 7) is 4.47. The number of rotatable bonds is 4. The third-order valence-electron chi connectivity index (χ3n) is 3.60. The first-order chi connectivity index (χ1) is 12.1. The number of benzene rings is 2. The van der Waals surface area contributed by atoms with Gasteiger partial charge in [-0.2, -0.15) is 0 Å². The maximum absolute atomic E-state index is 12.2. The molecule has 1 heterocycles. The Morgan fingerprint density at radius 2 is 2.00 bits per heavy atom. The average Bonchev–Trinajstić information content (AvgIpc) is 2.93. The van der Waals surface area contributed by atoms with Crippen molar-refractivity contribution < 1.29 is 9.53 Å². The minimum absolute atomic E-state index is 0.155. The van der Waals surface area contributed by atoms with Crippen LogP contribution < -0.4 is 10.1 Å². The Hall–Kier alpha value is -2.24. The summed E-state index contributed by atoms with van der Waals surface area (Å²) in [5.74, 6) is 0.657. The molecule has 0 radical (unpaired) electrons. The molecule has 3 rings (SSSR count). The van der Waals surface area contributed by atoms with Crippen molar-refractivity contribution in [3.05, 3.63) is 63.5 Å². The topological polar surface area (TPSA) is 50.7 Å². The third kappa shape index (κ3) is 4.24. The van der Waals surface area contributed by atoms with Crippen LogP contribution in [0.4, 0.5) is 5.69 Å². The second-order valence-corrected chi connectivity index (χ2v) is 6.81. The molecule has 2 aromatic rings. The Labute approximate surface area is 155 Å². The molecule has 128 valence electrons. The van der Waals surface area contributed by atoms with Gasteiger partial charge in [0.1, 0.15) is 5.75 Å². The van der Waals surface area contributed by atoms with Crippen LogP contribution in [0.1, 0.15) is 18.1 Å². The number of hydrogen-bond donors (Lipinski definition) is 1. The van der Waals surface area contributed by atoms with Gasteiger partial charge in [-0.1, -0.05) is 29.8 Å². The van der Waals surface area contributed by atoms with Crippen LogP contribution in [0.25, 0.3) is 6.08 Å². The molecule has 0 unspecified atom stereocenters. The van der Waals surface area contributed by atoms with Gasteiger partial charge in [-0.25, -0.2) is 4.99 Å². The van der Waals surface area contributed by atoms with E-state index in [0.29, 0.717) is 21.7 Å². The van der Waals surface area contributed by atoms with Crippen LogP contribution in [-0.2, 0) is 4.79 Å². The lowest BCUT2D eigenvalue weighted by Crippen LogP contribution is -2.19. The molecule has 1 N–H and O–H groups in total. The van der Waals surface area contributed by atoms with E-state index in [1.165, 1.54) is 11.8 Å². The van der Waals surface area contributed by atoms with Gasteiger partial charge in [-0.05, 0) is 67.1 Å². The minimum Gasteiger partial charge on any atom is -0.494 e. The van der Waals surface area contributed by atoms with Gasteiger partial charge in [0.05, 0.1) is 17.2 Å². The Morgan fingerprint density at radius 1 is 1.24 bits per heavy atom. The van der Waals surface area contributed by atoms with Crippen LogP contribution in [0.15, 0.2) is 52.4 Å². The van der Waals surface area contributed by atoms with Gasteiger partial charge >= 0.3 is 0 Å². The van der Waals surface area contributed by atoms with Crippen LogP contribution in [0.5, 0.6) is 5.75 Å². The summed E-state index contributed by atoms with van der Waals surface area (Å²) in [4.78, 5) is 17.3. The van der Waals surface area contributed by atoms with E-state index in [4.69, 9.17) is 16.3 Å². The number of ether oxygens (including phenoxy) is 1.